The van der Waals surface area contributed by atoms with Gasteiger partial charge < -0.3 is 0 Å². The van der Waals surface area contributed by atoms with Crippen LogP contribution in [0.4, 0.5) is 4.39 Å². The van der Waals surface area contributed by atoms with Crippen LogP contribution in [0.15, 0.2) is 35.4 Å². The Kier molecular flexibility index (Phi) is 3.28. The van der Waals surface area contributed by atoms with Crippen LogP contribution < -0.4 is 0 Å². The van der Waals surface area contributed by atoms with E-state index in [0.717, 1.165) is 23.0 Å². The first-order valence-corrected chi connectivity index (χ1v) is 5.86. The second-order valence-electron chi connectivity index (χ2n) is 3.58. The third-order valence-electron chi connectivity index (χ3n) is 2.30. The number of thioether (sulfide) groups is 1. The first kappa shape index (κ1) is 11.9. The predicted octanol–water partition coefficient (Wildman–Crippen LogP) is 2.86. The van der Waals surface area contributed by atoms with Crippen LogP contribution in [0.2, 0.25) is 0 Å². The van der Waals surface area contributed by atoms with Crippen molar-refractivity contribution in [3.63, 3.8) is 0 Å². The van der Waals surface area contributed by atoms with Crippen LogP contribution >= 0.6 is 11.8 Å². The van der Waals surface area contributed by atoms with E-state index in [0.29, 0.717) is 4.90 Å². The van der Waals surface area contributed by atoms with Crippen molar-refractivity contribution in [2.24, 2.45) is 7.05 Å². The van der Waals surface area contributed by atoms with E-state index in [1.807, 2.05) is 6.07 Å². The minimum Gasteiger partial charge on any atom is -0.287 e. The highest BCUT2D eigenvalue weighted by molar-refractivity contribution is 8.13. The number of hydrogen-bond donors (Lipinski definition) is 0. The Morgan fingerprint density at radius 1 is 1.41 bits per heavy atom. The normalized spacial score (nSPS) is 10.5. The second-order valence-corrected chi connectivity index (χ2v) is 4.80. The third kappa shape index (κ3) is 2.55. The fraction of sp³-hybridized carbons (Fsp3) is 0.167. The van der Waals surface area contributed by atoms with Gasteiger partial charge in [-0.1, -0.05) is 6.07 Å². The Morgan fingerprint density at radius 3 is 2.71 bits per heavy atom. The minimum atomic E-state index is -0.385. The topological polar surface area (TPSA) is 34.9 Å². The molecule has 1 aromatic heterocycles. The lowest BCUT2D eigenvalue weighted by atomic mass is 10.1. The maximum absolute atomic E-state index is 13.7. The minimum absolute atomic E-state index is 0.128. The lowest BCUT2D eigenvalue weighted by Gasteiger charge is -2.05. The van der Waals surface area contributed by atoms with E-state index in [9.17, 15) is 9.18 Å². The van der Waals surface area contributed by atoms with Crippen LogP contribution in [-0.2, 0) is 11.8 Å². The quantitative estimate of drug-likeness (QED) is 0.769. The standard InChI is InChI=1S/C12H11FN2OS/c1-8(16)17-12-4-3-9(7-10(12)13)11-5-6-14-15(11)2/h3-7H,1-2H3. The Balaban J connectivity index is 2.37. The Hall–Kier alpha value is -1.62. The Bertz CT molecular complexity index is 565. The van der Waals surface area contributed by atoms with Crippen LogP contribution in [0.5, 0.6) is 0 Å². The number of carbonyl (C=O) groups excluding carboxylic acids is 1. The Morgan fingerprint density at radius 2 is 2.18 bits per heavy atom. The van der Waals surface area contributed by atoms with Gasteiger partial charge in [-0.25, -0.2) is 4.39 Å². The van der Waals surface area contributed by atoms with Gasteiger partial charge in [-0.3, -0.25) is 9.48 Å². The van der Waals surface area contributed by atoms with Gasteiger partial charge in [0.2, 0.25) is 0 Å². The van der Waals surface area contributed by atoms with E-state index >= 15 is 0 Å². The maximum atomic E-state index is 13.7. The summed E-state index contributed by atoms with van der Waals surface area (Å²) in [7, 11) is 1.80. The van der Waals surface area contributed by atoms with Crippen molar-refractivity contribution in [3.8, 4) is 11.3 Å². The average molecular weight is 250 g/mol. The summed E-state index contributed by atoms with van der Waals surface area (Å²) < 4.78 is 15.4. The van der Waals surface area contributed by atoms with Crippen molar-refractivity contribution < 1.29 is 9.18 Å². The monoisotopic (exact) mass is 250 g/mol. The first-order valence-electron chi connectivity index (χ1n) is 5.04. The van der Waals surface area contributed by atoms with Crippen molar-refractivity contribution >= 4 is 16.9 Å². The van der Waals surface area contributed by atoms with Gasteiger partial charge in [0.15, 0.2) is 5.12 Å². The van der Waals surface area contributed by atoms with E-state index in [-0.39, 0.29) is 10.9 Å². The maximum Gasteiger partial charge on any atom is 0.190 e. The summed E-state index contributed by atoms with van der Waals surface area (Å²) in [6.07, 6.45) is 1.66. The van der Waals surface area contributed by atoms with Crippen molar-refractivity contribution in [1.82, 2.24) is 9.78 Å². The van der Waals surface area contributed by atoms with Gasteiger partial charge in [-0.15, -0.1) is 0 Å². The molecule has 2 rings (SSSR count). The molecule has 88 valence electrons. The molecule has 2 aromatic rings. The Labute approximate surface area is 103 Å². The molecule has 1 aromatic carbocycles. The highest BCUT2D eigenvalue weighted by Gasteiger charge is 2.09. The summed E-state index contributed by atoms with van der Waals surface area (Å²) >= 11 is 0.899. The predicted molar refractivity (Wildman–Crippen MR) is 65.1 cm³/mol. The molecule has 0 bridgehead atoms. The fourth-order valence-electron chi connectivity index (χ4n) is 1.55. The number of nitrogens with zero attached hydrogens (tertiary/aromatic N) is 2. The average Bonchev–Trinajstić information content (AvgIpc) is 2.67. The van der Waals surface area contributed by atoms with Gasteiger partial charge in [-0.05, 0) is 30.0 Å². The molecule has 0 unspecified atom stereocenters. The SMILES string of the molecule is CC(=O)Sc1ccc(-c2ccnn2C)cc1F. The molecule has 1 heterocycles. The molecule has 0 N–H and O–H groups in total. The second kappa shape index (κ2) is 4.71. The summed E-state index contributed by atoms with van der Waals surface area (Å²) in [6, 6.07) is 6.63. The summed E-state index contributed by atoms with van der Waals surface area (Å²) in [4.78, 5) is 11.3. The first-order chi connectivity index (χ1) is 8.08. The summed E-state index contributed by atoms with van der Waals surface area (Å²) in [5.74, 6) is -0.385. The number of rotatable bonds is 2. The van der Waals surface area contributed by atoms with E-state index in [4.69, 9.17) is 0 Å². The van der Waals surface area contributed by atoms with E-state index < -0.39 is 0 Å². The van der Waals surface area contributed by atoms with Crippen molar-refractivity contribution in [2.75, 3.05) is 0 Å². The third-order valence-corrected chi connectivity index (χ3v) is 3.14. The number of halogens is 1. The molecule has 0 fully saturated rings. The highest BCUT2D eigenvalue weighted by Crippen LogP contribution is 2.27. The van der Waals surface area contributed by atoms with Gasteiger partial charge in [0.05, 0.1) is 10.6 Å². The molecule has 0 saturated heterocycles. The largest absolute Gasteiger partial charge is 0.287 e. The van der Waals surface area contributed by atoms with E-state index in [1.54, 1.807) is 30.1 Å². The zero-order valence-corrected chi connectivity index (χ0v) is 10.3. The molecular formula is C12H11FN2OS. The smallest absolute Gasteiger partial charge is 0.190 e. The molecule has 0 atom stereocenters. The molecule has 5 heteroatoms. The number of aromatic nitrogens is 2. The van der Waals surface area contributed by atoms with Gasteiger partial charge in [0.1, 0.15) is 5.82 Å². The van der Waals surface area contributed by atoms with Gasteiger partial charge in [-0.2, -0.15) is 5.10 Å². The lowest BCUT2D eigenvalue weighted by molar-refractivity contribution is -0.109. The molecule has 3 nitrogen and oxygen atoms in total. The summed E-state index contributed by atoms with van der Waals surface area (Å²) in [6.45, 7) is 1.42. The molecule has 0 radical (unpaired) electrons. The van der Waals surface area contributed by atoms with Crippen LogP contribution in [0, 0.1) is 5.82 Å². The zero-order valence-electron chi connectivity index (χ0n) is 9.48. The van der Waals surface area contributed by atoms with Crippen molar-refractivity contribution in [3.05, 3.63) is 36.3 Å². The molecular weight excluding hydrogens is 239 g/mol. The van der Waals surface area contributed by atoms with Crippen LogP contribution in [0.25, 0.3) is 11.3 Å². The van der Waals surface area contributed by atoms with Crippen LogP contribution in [0.1, 0.15) is 6.92 Å². The molecule has 0 amide bonds. The summed E-state index contributed by atoms with van der Waals surface area (Å²) in [5.41, 5.74) is 1.58. The molecule has 0 aliphatic heterocycles. The molecule has 0 aliphatic rings. The molecule has 0 saturated carbocycles. The van der Waals surface area contributed by atoms with Crippen LogP contribution in [-0.4, -0.2) is 14.9 Å². The number of benzene rings is 1. The molecule has 0 aliphatic carbocycles. The fourth-order valence-corrected chi connectivity index (χ4v) is 2.16. The summed E-state index contributed by atoms with van der Waals surface area (Å²) in [5, 5.41) is 3.90. The number of carbonyl (C=O) groups is 1. The lowest BCUT2D eigenvalue weighted by Crippen LogP contribution is -1.94. The van der Waals surface area contributed by atoms with E-state index in [1.165, 1.54) is 13.0 Å². The molecule has 17 heavy (non-hydrogen) atoms. The van der Waals surface area contributed by atoms with Crippen molar-refractivity contribution in [2.45, 2.75) is 11.8 Å². The number of hydrogen-bond acceptors (Lipinski definition) is 3. The van der Waals surface area contributed by atoms with Gasteiger partial charge in [0.25, 0.3) is 0 Å². The van der Waals surface area contributed by atoms with Gasteiger partial charge >= 0.3 is 0 Å². The van der Waals surface area contributed by atoms with E-state index in [2.05, 4.69) is 5.10 Å². The van der Waals surface area contributed by atoms with Crippen molar-refractivity contribution in [1.29, 1.82) is 0 Å². The van der Waals surface area contributed by atoms with Gasteiger partial charge in [0, 0.05) is 25.7 Å². The van der Waals surface area contributed by atoms with Crippen LogP contribution in [0.3, 0.4) is 0 Å². The highest BCUT2D eigenvalue weighted by atomic mass is 32.2. The number of aryl methyl sites for hydroxylation is 1. The molecule has 0 spiro atoms. The zero-order chi connectivity index (χ0) is 12.4.